The predicted octanol–water partition coefficient (Wildman–Crippen LogP) is 3.91. The Bertz CT molecular complexity index is 436. The average Bonchev–Trinajstić information content (AvgIpc) is 2.42. The summed E-state index contributed by atoms with van der Waals surface area (Å²) in [5.41, 5.74) is 0. The minimum Gasteiger partial charge on any atom is -0.507 e. The lowest BCUT2D eigenvalue weighted by Gasteiger charge is -1.96. The molecule has 1 nitrogen and oxygen atoms in total. The van der Waals surface area contributed by atoms with Crippen LogP contribution in [0.15, 0.2) is 17.5 Å². The van der Waals surface area contributed by atoms with E-state index in [0.717, 1.165) is 4.70 Å². The number of thiophene rings is 1. The number of phenolic OH excluding ortho intramolecular Hbond substituents is 1. The summed E-state index contributed by atoms with van der Waals surface area (Å²) in [4.78, 5) is 0. The molecule has 0 spiro atoms. The lowest BCUT2D eigenvalue weighted by molar-refractivity contribution is 0.482. The van der Waals surface area contributed by atoms with Gasteiger partial charge in [-0.1, -0.05) is 23.2 Å². The third-order valence-electron chi connectivity index (χ3n) is 1.61. The molecule has 0 amide bonds. The normalized spacial score (nSPS) is 10.8. The summed E-state index contributed by atoms with van der Waals surface area (Å²) >= 11 is 13.2. The Kier molecular flexibility index (Phi) is 1.91. The molecule has 1 aromatic carbocycles. The molecule has 0 unspecified atom stereocenters. The summed E-state index contributed by atoms with van der Waals surface area (Å²) < 4.78 is 0.835. The van der Waals surface area contributed by atoms with Gasteiger partial charge in [0.05, 0.1) is 20.1 Å². The molecule has 1 aromatic heterocycles. The van der Waals surface area contributed by atoms with Crippen LogP contribution in [0.25, 0.3) is 10.1 Å². The van der Waals surface area contributed by atoms with Crippen molar-refractivity contribution in [2.45, 2.75) is 0 Å². The van der Waals surface area contributed by atoms with Gasteiger partial charge < -0.3 is 5.11 Å². The molecule has 0 bridgehead atoms. The molecule has 62 valence electrons. The smallest absolute Gasteiger partial charge is 0.125 e. The lowest BCUT2D eigenvalue weighted by Crippen LogP contribution is -1.68. The highest BCUT2D eigenvalue weighted by molar-refractivity contribution is 7.18. The Morgan fingerprint density at radius 1 is 1.17 bits per heavy atom. The highest BCUT2D eigenvalue weighted by Crippen LogP contribution is 2.40. The largest absolute Gasteiger partial charge is 0.507 e. The average molecular weight is 219 g/mol. The van der Waals surface area contributed by atoms with Gasteiger partial charge >= 0.3 is 0 Å². The van der Waals surface area contributed by atoms with E-state index in [1.807, 2.05) is 0 Å². The van der Waals surface area contributed by atoms with E-state index in [1.165, 1.54) is 11.3 Å². The third kappa shape index (κ3) is 1.07. The van der Waals surface area contributed by atoms with Crippen LogP contribution in [-0.2, 0) is 0 Å². The van der Waals surface area contributed by atoms with E-state index in [4.69, 9.17) is 23.2 Å². The van der Waals surface area contributed by atoms with E-state index in [2.05, 4.69) is 0 Å². The summed E-state index contributed by atoms with van der Waals surface area (Å²) in [6.07, 6.45) is 0. The van der Waals surface area contributed by atoms with Crippen molar-refractivity contribution in [3.63, 3.8) is 0 Å². The molecule has 0 fully saturated rings. The van der Waals surface area contributed by atoms with Crippen LogP contribution in [0.1, 0.15) is 0 Å². The van der Waals surface area contributed by atoms with Gasteiger partial charge in [0.1, 0.15) is 5.75 Å². The molecule has 0 radical (unpaired) electrons. The number of hydrogen-bond acceptors (Lipinski definition) is 2. The summed E-state index contributed by atoms with van der Waals surface area (Å²) in [6.45, 7) is 0. The third-order valence-corrected chi connectivity index (χ3v) is 3.47. The number of benzene rings is 1. The second kappa shape index (κ2) is 2.80. The van der Waals surface area contributed by atoms with Crippen molar-refractivity contribution in [3.05, 3.63) is 27.6 Å². The first kappa shape index (κ1) is 8.17. The van der Waals surface area contributed by atoms with Crippen molar-refractivity contribution in [2.24, 2.45) is 0 Å². The molecule has 1 heterocycles. The second-order valence-corrected chi connectivity index (χ2v) is 4.05. The topological polar surface area (TPSA) is 20.2 Å². The number of phenols is 1. The molecular formula is C8H4Cl2OS. The SMILES string of the molecule is Oc1ccc(Cl)c2scc(Cl)c12. The molecule has 2 aromatic rings. The van der Waals surface area contributed by atoms with E-state index < -0.39 is 0 Å². The van der Waals surface area contributed by atoms with Crippen LogP contribution in [0, 0.1) is 0 Å². The van der Waals surface area contributed by atoms with Crippen molar-refractivity contribution in [1.82, 2.24) is 0 Å². The van der Waals surface area contributed by atoms with Crippen molar-refractivity contribution in [3.8, 4) is 5.75 Å². The fourth-order valence-corrected chi connectivity index (χ4v) is 2.59. The molecule has 0 saturated heterocycles. The Morgan fingerprint density at radius 2 is 1.92 bits per heavy atom. The standard InChI is InChI=1S/C8H4Cl2OS/c9-4-1-2-6(11)7-5(10)3-12-8(4)7/h1-3,11H. The van der Waals surface area contributed by atoms with Gasteiger partial charge in [-0.05, 0) is 12.1 Å². The predicted molar refractivity (Wildman–Crippen MR) is 53.5 cm³/mol. The molecule has 4 heteroatoms. The molecule has 0 aliphatic heterocycles. The zero-order valence-corrected chi connectivity index (χ0v) is 8.17. The summed E-state index contributed by atoms with van der Waals surface area (Å²) in [5.74, 6) is 0.181. The minimum atomic E-state index is 0.181. The number of hydrogen-bond donors (Lipinski definition) is 1. The van der Waals surface area contributed by atoms with E-state index in [-0.39, 0.29) is 5.75 Å². The molecule has 2 rings (SSSR count). The molecule has 0 aliphatic rings. The van der Waals surface area contributed by atoms with Gasteiger partial charge in [0.25, 0.3) is 0 Å². The van der Waals surface area contributed by atoms with E-state index in [0.29, 0.717) is 15.4 Å². The lowest BCUT2D eigenvalue weighted by atomic mass is 10.2. The quantitative estimate of drug-likeness (QED) is 0.711. The second-order valence-electron chi connectivity index (χ2n) is 2.35. The van der Waals surface area contributed by atoms with Gasteiger partial charge in [0, 0.05) is 5.38 Å². The van der Waals surface area contributed by atoms with Crippen LogP contribution in [-0.4, -0.2) is 5.11 Å². The van der Waals surface area contributed by atoms with Crippen LogP contribution < -0.4 is 0 Å². The van der Waals surface area contributed by atoms with Crippen LogP contribution >= 0.6 is 34.5 Å². The highest BCUT2D eigenvalue weighted by Gasteiger charge is 2.09. The maximum absolute atomic E-state index is 9.43. The highest BCUT2D eigenvalue weighted by atomic mass is 35.5. The Hall–Kier alpha value is -0.440. The van der Waals surface area contributed by atoms with Crippen LogP contribution in [0.5, 0.6) is 5.75 Å². The first-order valence-corrected chi connectivity index (χ1v) is 4.88. The summed E-state index contributed by atoms with van der Waals surface area (Å²) in [6, 6.07) is 3.20. The van der Waals surface area contributed by atoms with Gasteiger partial charge in [-0.2, -0.15) is 0 Å². The summed E-state index contributed by atoms with van der Waals surface area (Å²) in [5, 5.41) is 13.0. The monoisotopic (exact) mass is 218 g/mol. The first-order valence-electron chi connectivity index (χ1n) is 3.24. The van der Waals surface area contributed by atoms with Gasteiger partial charge in [0.2, 0.25) is 0 Å². The van der Waals surface area contributed by atoms with Gasteiger partial charge in [-0.3, -0.25) is 0 Å². The minimum absolute atomic E-state index is 0.181. The molecule has 0 aliphatic carbocycles. The van der Waals surface area contributed by atoms with E-state index in [1.54, 1.807) is 17.5 Å². The van der Waals surface area contributed by atoms with Crippen molar-refractivity contribution < 1.29 is 5.11 Å². The molecule has 12 heavy (non-hydrogen) atoms. The zero-order valence-electron chi connectivity index (χ0n) is 5.84. The van der Waals surface area contributed by atoms with E-state index in [9.17, 15) is 5.11 Å². The maximum Gasteiger partial charge on any atom is 0.125 e. The van der Waals surface area contributed by atoms with Crippen molar-refractivity contribution in [1.29, 1.82) is 0 Å². The van der Waals surface area contributed by atoms with Crippen molar-refractivity contribution in [2.75, 3.05) is 0 Å². The van der Waals surface area contributed by atoms with Crippen LogP contribution in [0.3, 0.4) is 0 Å². The van der Waals surface area contributed by atoms with Gasteiger partial charge in [0.15, 0.2) is 0 Å². The maximum atomic E-state index is 9.43. The molecule has 0 atom stereocenters. The number of fused-ring (bicyclic) bond motifs is 1. The molecular weight excluding hydrogens is 215 g/mol. The molecule has 0 saturated carbocycles. The zero-order chi connectivity index (χ0) is 8.72. The van der Waals surface area contributed by atoms with Gasteiger partial charge in [-0.25, -0.2) is 0 Å². The van der Waals surface area contributed by atoms with Gasteiger partial charge in [-0.15, -0.1) is 11.3 Å². The Morgan fingerprint density at radius 3 is 2.58 bits per heavy atom. The fraction of sp³-hybridized carbons (Fsp3) is 0. The Balaban J connectivity index is 2.98. The first-order chi connectivity index (χ1) is 5.70. The number of aromatic hydroxyl groups is 1. The molecule has 1 N–H and O–H groups in total. The van der Waals surface area contributed by atoms with E-state index >= 15 is 0 Å². The number of halogens is 2. The van der Waals surface area contributed by atoms with Crippen LogP contribution in [0.2, 0.25) is 10.0 Å². The number of rotatable bonds is 0. The van der Waals surface area contributed by atoms with Crippen LogP contribution in [0.4, 0.5) is 0 Å². The fourth-order valence-electron chi connectivity index (χ4n) is 1.06. The van der Waals surface area contributed by atoms with Crippen molar-refractivity contribution >= 4 is 44.6 Å². The summed E-state index contributed by atoms with van der Waals surface area (Å²) in [7, 11) is 0. The Labute approximate surface area is 83.2 Å².